The van der Waals surface area contributed by atoms with Crippen LogP contribution < -0.4 is 5.32 Å². The molecule has 3 aromatic rings. The molecule has 0 aliphatic carbocycles. The fourth-order valence-electron chi connectivity index (χ4n) is 2.19. The Morgan fingerprint density at radius 1 is 1.45 bits per heavy atom. The molecule has 0 bridgehead atoms. The lowest BCUT2D eigenvalue weighted by molar-refractivity contribution is -0.116. The number of carbonyl (C=O) groups is 1. The van der Waals surface area contributed by atoms with E-state index in [1.165, 1.54) is 0 Å². The summed E-state index contributed by atoms with van der Waals surface area (Å²) in [7, 11) is 0. The van der Waals surface area contributed by atoms with Crippen molar-refractivity contribution in [3.05, 3.63) is 48.2 Å². The third-order valence-electron chi connectivity index (χ3n) is 3.12. The predicted octanol–water partition coefficient (Wildman–Crippen LogP) is 3.04. The molecule has 5 nitrogen and oxygen atoms in total. The minimum Gasteiger partial charge on any atom is -0.469 e. The molecule has 20 heavy (non-hydrogen) atoms. The van der Waals surface area contributed by atoms with Gasteiger partial charge >= 0.3 is 0 Å². The summed E-state index contributed by atoms with van der Waals surface area (Å²) in [6.07, 6.45) is 4.21. The number of aromatic amines is 1. The summed E-state index contributed by atoms with van der Waals surface area (Å²) in [5.41, 5.74) is 3.52. The molecule has 2 N–H and O–H groups in total. The molecule has 0 saturated carbocycles. The van der Waals surface area contributed by atoms with Gasteiger partial charge in [-0.25, -0.2) is 4.98 Å². The third-order valence-corrected chi connectivity index (χ3v) is 3.12. The monoisotopic (exact) mass is 269 g/mol. The van der Waals surface area contributed by atoms with E-state index in [1.807, 2.05) is 31.2 Å². The number of hydrogen-bond acceptors (Lipinski definition) is 3. The van der Waals surface area contributed by atoms with Gasteiger partial charge in [0.05, 0.1) is 23.8 Å². The quantitative estimate of drug-likeness (QED) is 0.764. The maximum atomic E-state index is 12.0. The first-order valence-corrected chi connectivity index (χ1v) is 6.48. The number of hydrogen-bond donors (Lipinski definition) is 2. The first kappa shape index (κ1) is 12.5. The van der Waals surface area contributed by atoms with Gasteiger partial charge in [-0.2, -0.15) is 0 Å². The molecule has 0 spiro atoms. The van der Waals surface area contributed by atoms with Gasteiger partial charge < -0.3 is 14.7 Å². The van der Waals surface area contributed by atoms with Crippen molar-refractivity contribution in [2.75, 3.05) is 5.32 Å². The van der Waals surface area contributed by atoms with Crippen molar-refractivity contribution in [1.29, 1.82) is 0 Å². The van der Waals surface area contributed by atoms with Crippen LogP contribution in [0.25, 0.3) is 11.0 Å². The van der Waals surface area contributed by atoms with Crippen molar-refractivity contribution >= 4 is 22.6 Å². The number of nitrogens with one attached hydrogen (secondary N) is 2. The minimum atomic E-state index is -0.0451. The van der Waals surface area contributed by atoms with Crippen LogP contribution >= 0.6 is 0 Å². The second-order valence-electron chi connectivity index (χ2n) is 4.74. The lowest BCUT2D eigenvalue weighted by Crippen LogP contribution is -2.12. The van der Waals surface area contributed by atoms with Gasteiger partial charge in [-0.3, -0.25) is 4.79 Å². The first-order chi connectivity index (χ1) is 9.72. The van der Waals surface area contributed by atoms with Crippen LogP contribution in [0.3, 0.4) is 0 Å². The molecular formula is C15H15N3O2. The Balaban J connectivity index is 1.72. The zero-order valence-electron chi connectivity index (χ0n) is 11.1. The van der Waals surface area contributed by atoms with Crippen molar-refractivity contribution in [3.63, 3.8) is 0 Å². The molecule has 2 heterocycles. The van der Waals surface area contributed by atoms with E-state index in [-0.39, 0.29) is 5.91 Å². The van der Waals surface area contributed by atoms with Gasteiger partial charge in [0.2, 0.25) is 5.91 Å². The van der Waals surface area contributed by atoms with E-state index in [0.717, 1.165) is 28.0 Å². The van der Waals surface area contributed by atoms with E-state index in [2.05, 4.69) is 15.3 Å². The highest BCUT2D eigenvalue weighted by Gasteiger charge is 2.09. The summed E-state index contributed by atoms with van der Waals surface area (Å²) in [6, 6.07) is 7.61. The Morgan fingerprint density at radius 3 is 3.15 bits per heavy atom. The number of H-pyrrole nitrogens is 1. The molecule has 0 fully saturated rings. The number of aromatic nitrogens is 2. The van der Waals surface area contributed by atoms with Crippen LogP contribution in [0, 0.1) is 6.92 Å². The topological polar surface area (TPSA) is 70.9 Å². The molecule has 1 aromatic carbocycles. The van der Waals surface area contributed by atoms with Gasteiger partial charge in [-0.15, -0.1) is 0 Å². The van der Waals surface area contributed by atoms with Crippen LogP contribution in [0.15, 0.2) is 41.3 Å². The van der Waals surface area contributed by atoms with Gasteiger partial charge in [0.15, 0.2) is 0 Å². The van der Waals surface area contributed by atoms with E-state index in [9.17, 15) is 4.79 Å². The Morgan fingerprint density at radius 2 is 2.35 bits per heavy atom. The molecule has 0 aliphatic rings. The van der Waals surface area contributed by atoms with E-state index >= 15 is 0 Å². The van der Waals surface area contributed by atoms with Gasteiger partial charge in [0, 0.05) is 12.8 Å². The Labute approximate surface area is 116 Å². The fraction of sp³-hybridized carbons (Fsp3) is 0.200. The number of nitrogens with zero attached hydrogens (tertiary/aromatic N) is 1. The van der Waals surface area contributed by atoms with E-state index in [0.29, 0.717) is 12.8 Å². The number of carbonyl (C=O) groups excluding carboxylic acids is 1. The van der Waals surface area contributed by atoms with E-state index in [4.69, 9.17) is 4.42 Å². The van der Waals surface area contributed by atoms with Crippen LogP contribution in [0.4, 0.5) is 5.69 Å². The van der Waals surface area contributed by atoms with Crippen molar-refractivity contribution < 1.29 is 9.21 Å². The van der Waals surface area contributed by atoms with Crippen molar-refractivity contribution in [2.24, 2.45) is 0 Å². The van der Waals surface area contributed by atoms with Crippen LogP contribution in [-0.2, 0) is 11.2 Å². The van der Waals surface area contributed by atoms with Gasteiger partial charge in [0.1, 0.15) is 11.3 Å². The Bertz CT molecular complexity index is 729. The second kappa shape index (κ2) is 5.21. The zero-order valence-corrected chi connectivity index (χ0v) is 11.1. The maximum Gasteiger partial charge on any atom is 0.224 e. The first-order valence-electron chi connectivity index (χ1n) is 6.48. The van der Waals surface area contributed by atoms with E-state index < -0.39 is 0 Å². The van der Waals surface area contributed by atoms with Crippen LogP contribution in [0.5, 0.6) is 0 Å². The molecule has 0 unspecified atom stereocenters. The molecule has 2 aromatic heterocycles. The smallest absolute Gasteiger partial charge is 0.224 e. The normalized spacial score (nSPS) is 10.8. The number of rotatable bonds is 4. The third kappa shape index (κ3) is 2.56. The molecule has 0 atom stereocenters. The lowest BCUT2D eigenvalue weighted by atomic mass is 10.1. The standard InChI is InChI=1S/C15H15N3O2/c1-10-7-12-15(17-9-16-12)13(8-10)18-14(19)5-4-11-3-2-6-20-11/h2-3,6-9H,4-5H2,1H3,(H,16,17)(H,18,19). The summed E-state index contributed by atoms with van der Waals surface area (Å²) >= 11 is 0. The van der Waals surface area contributed by atoms with E-state index in [1.54, 1.807) is 12.6 Å². The summed E-state index contributed by atoms with van der Waals surface area (Å²) in [5, 5.41) is 2.91. The molecule has 102 valence electrons. The number of amides is 1. The minimum absolute atomic E-state index is 0.0451. The highest BCUT2D eigenvalue weighted by Crippen LogP contribution is 2.22. The molecule has 3 rings (SSSR count). The lowest BCUT2D eigenvalue weighted by Gasteiger charge is -2.06. The van der Waals surface area contributed by atoms with Gasteiger partial charge in [-0.1, -0.05) is 0 Å². The Hall–Kier alpha value is -2.56. The van der Waals surface area contributed by atoms with Gasteiger partial charge in [-0.05, 0) is 36.8 Å². The van der Waals surface area contributed by atoms with Crippen LogP contribution in [-0.4, -0.2) is 15.9 Å². The zero-order chi connectivity index (χ0) is 13.9. The highest BCUT2D eigenvalue weighted by molar-refractivity contribution is 5.99. The van der Waals surface area contributed by atoms with Crippen molar-refractivity contribution in [3.8, 4) is 0 Å². The molecule has 0 saturated heterocycles. The van der Waals surface area contributed by atoms with Crippen molar-refractivity contribution in [2.45, 2.75) is 19.8 Å². The van der Waals surface area contributed by atoms with Crippen molar-refractivity contribution in [1.82, 2.24) is 9.97 Å². The van der Waals surface area contributed by atoms with Crippen LogP contribution in [0.1, 0.15) is 17.7 Å². The number of anilines is 1. The molecule has 0 aliphatic heterocycles. The molecule has 5 heteroatoms. The highest BCUT2D eigenvalue weighted by atomic mass is 16.3. The Kier molecular flexibility index (Phi) is 3.25. The average Bonchev–Trinajstić information content (AvgIpc) is 3.06. The van der Waals surface area contributed by atoms with Gasteiger partial charge in [0.25, 0.3) is 0 Å². The molecule has 0 radical (unpaired) electrons. The summed E-state index contributed by atoms with van der Waals surface area (Å²) in [5.74, 6) is 0.769. The number of fused-ring (bicyclic) bond motifs is 1. The number of aryl methyl sites for hydroxylation is 2. The average molecular weight is 269 g/mol. The molecule has 1 amide bonds. The summed E-state index contributed by atoms with van der Waals surface area (Å²) in [4.78, 5) is 19.3. The second-order valence-corrected chi connectivity index (χ2v) is 4.74. The molecular weight excluding hydrogens is 254 g/mol. The predicted molar refractivity (Wildman–Crippen MR) is 76.5 cm³/mol. The number of furan rings is 1. The largest absolute Gasteiger partial charge is 0.469 e. The van der Waals surface area contributed by atoms with Crippen LogP contribution in [0.2, 0.25) is 0 Å². The fourth-order valence-corrected chi connectivity index (χ4v) is 2.19. The SMILES string of the molecule is Cc1cc(NC(=O)CCc2ccco2)c2nc[nH]c2c1. The number of benzene rings is 1. The summed E-state index contributed by atoms with van der Waals surface area (Å²) < 4.78 is 5.21. The summed E-state index contributed by atoms with van der Waals surface area (Å²) in [6.45, 7) is 1.98. The number of imidazole rings is 1. The maximum absolute atomic E-state index is 12.0.